The van der Waals surface area contributed by atoms with Crippen LogP contribution in [0.1, 0.15) is 42.7 Å². The van der Waals surface area contributed by atoms with Gasteiger partial charge in [0, 0.05) is 11.6 Å². The number of hydrogen-bond donors (Lipinski definition) is 0. The fraction of sp³-hybridized carbons (Fsp3) is 0.385. The Morgan fingerprint density at radius 1 is 1.00 bits per heavy atom. The SMILES string of the molecule is COc1ccc(-c2noc(CN3C(=O)N(Cc4ccc(C)cc4)C(=O)C4CCCCC43)n2)cc1. The molecule has 2 unspecified atom stereocenters. The van der Waals surface area contributed by atoms with Crippen molar-refractivity contribution in [2.45, 2.75) is 51.7 Å². The molecule has 1 aliphatic heterocycles. The predicted octanol–water partition coefficient (Wildman–Crippen LogP) is 4.58. The van der Waals surface area contributed by atoms with E-state index in [0.29, 0.717) is 11.7 Å². The smallest absolute Gasteiger partial charge is 0.327 e. The van der Waals surface area contributed by atoms with Crippen LogP contribution in [0.5, 0.6) is 5.75 Å². The summed E-state index contributed by atoms with van der Waals surface area (Å²) in [4.78, 5) is 34.5. The molecule has 2 fully saturated rings. The number of hydrogen-bond acceptors (Lipinski definition) is 6. The van der Waals surface area contributed by atoms with Gasteiger partial charge in [0.2, 0.25) is 17.6 Å². The first-order chi connectivity index (χ1) is 16.5. The van der Waals surface area contributed by atoms with Gasteiger partial charge >= 0.3 is 6.03 Å². The van der Waals surface area contributed by atoms with E-state index in [1.807, 2.05) is 55.5 Å². The van der Waals surface area contributed by atoms with Crippen LogP contribution >= 0.6 is 0 Å². The van der Waals surface area contributed by atoms with E-state index in [1.165, 1.54) is 4.90 Å². The van der Waals surface area contributed by atoms with Gasteiger partial charge in [-0.15, -0.1) is 0 Å². The van der Waals surface area contributed by atoms with E-state index in [2.05, 4.69) is 10.1 Å². The number of urea groups is 1. The first-order valence-corrected chi connectivity index (χ1v) is 11.7. The largest absolute Gasteiger partial charge is 0.497 e. The molecule has 3 aromatic rings. The summed E-state index contributed by atoms with van der Waals surface area (Å²) >= 11 is 0. The Morgan fingerprint density at radius 2 is 1.74 bits per heavy atom. The van der Waals surface area contributed by atoms with Crippen LogP contribution in [0.2, 0.25) is 0 Å². The molecule has 2 atom stereocenters. The van der Waals surface area contributed by atoms with Gasteiger partial charge in [0.25, 0.3) is 0 Å². The number of imide groups is 1. The first kappa shape index (κ1) is 22.1. The van der Waals surface area contributed by atoms with Gasteiger partial charge in [-0.3, -0.25) is 9.69 Å². The molecule has 2 aliphatic rings. The lowest BCUT2D eigenvalue weighted by molar-refractivity contribution is -0.141. The maximum atomic E-state index is 13.5. The number of amides is 3. The van der Waals surface area contributed by atoms with Crippen molar-refractivity contribution < 1.29 is 18.8 Å². The number of aryl methyl sites for hydroxylation is 1. The molecule has 8 nitrogen and oxygen atoms in total. The number of nitrogens with zero attached hydrogens (tertiary/aromatic N) is 4. The van der Waals surface area contributed by atoms with E-state index in [4.69, 9.17) is 9.26 Å². The topological polar surface area (TPSA) is 88.8 Å². The van der Waals surface area contributed by atoms with Crippen LogP contribution in [0.4, 0.5) is 4.79 Å². The third-order valence-corrected chi connectivity index (χ3v) is 6.77. The molecule has 0 N–H and O–H groups in total. The Labute approximate surface area is 198 Å². The Hall–Kier alpha value is -3.68. The highest BCUT2D eigenvalue weighted by Gasteiger charge is 2.47. The van der Waals surface area contributed by atoms with Gasteiger partial charge in [0.05, 0.1) is 19.6 Å². The molecule has 0 radical (unpaired) electrons. The zero-order valence-corrected chi connectivity index (χ0v) is 19.4. The van der Waals surface area contributed by atoms with Crippen molar-refractivity contribution in [3.63, 3.8) is 0 Å². The van der Waals surface area contributed by atoms with Crippen molar-refractivity contribution in [3.05, 3.63) is 65.5 Å². The maximum absolute atomic E-state index is 13.5. The highest BCUT2D eigenvalue weighted by molar-refractivity contribution is 5.98. The first-order valence-electron chi connectivity index (χ1n) is 11.7. The number of aromatic nitrogens is 2. The normalized spacial score (nSPS) is 20.4. The molecule has 1 saturated carbocycles. The van der Waals surface area contributed by atoms with Crippen LogP contribution in [0.25, 0.3) is 11.4 Å². The summed E-state index contributed by atoms with van der Waals surface area (Å²) in [5.74, 6) is 1.29. The van der Waals surface area contributed by atoms with Gasteiger partial charge in [-0.05, 0) is 49.6 Å². The molecule has 176 valence electrons. The van der Waals surface area contributed by atoms with Gasteiger partial charge in [-0.1, -0.05) is 47.8 Å². The van der Waals surface area contributed by atoms with Crippen molar-refractivity contribution in [2.75, 3.05) is 7.11 Å². The molecule has 3 amide bonds. The predicted molar refractivity (Wildman–Crippen MR) is 125 cm³/mol. The van der Waals surface area contributed by atoms with Gasteiger partial charge in [-0.25, -0.2) is 4.79 Å². The number of fused-ring (bicyclic) bond motifs is 1. The summed E-state index contributed by atoms with van der Waals surface area (Å²) in [5, 5.41) is 4.10. The van der Waals surface area contributed by atoms with E-state index >= 15 is 0 Å². The average molecular weight is 461 g/mol. The highest BCUT2D eigenvalue weighted by Crippen LogP contribution is 2.36. The quantitative estimate of drug-likeness (QED) is 0.535. The third-order valence-electron chi connectivity index (χ3n) is 6.77. The number of methoxy groups -OCH3 is 1. The minimum Gasteiger partial charge on any atom is -0.497 e. The van der Waals surface area contributed by atoms with E-state index in [-0.39, 0.29) is 37.0 Å². The van der Waals surface area contributed by atoms with Crippen molar-refractivity contribution in [2.24, 2.45) is 5.92 Å². The van der Waals surface area contributed by atoms with Crippen LogP contribution in [-0.2, 0) is 17.9 Å². The van der Waals surface area contributed by atoms with E-state index in [1.54, 1.807) is 12.0 Å². The number of carbonyl (C=O) groups is 2. The molecule has 1 aromatic heterocycles. The zero-order chi connectivity index (χ0) is 23.7. The molecule has 34 heavy (non-hydrogen) atoms. The fourth-order valence-corrected chi connectivity index (χ4v) is 4.89. The molecule has 2 heterocycles. The summed E-state index contributed by atoms with van der Waals surface area (Å²) in [7, 11) is 1.61. The van der Waals surface area contributed by atoms with Gasteiger partial charge in [0.15, 0.2) is 0 Å². The van der Waals surface area contributed by atoms with E-state index in [0.717, 1.165) is 48.1 Å². The molecular weight excluding hydrogens is 432 g/mol. The van der Waals surface area contributed by atoms with Crippen LogP contribution in [0.15, 0.2) is 53.1 Å². The highest BCUT2D eigenvalue weighted by atomic mass is 16.5. The second kappa shape index (κ2) is 9.29. The average Bonchev–Trinajstić information content (AvgIpc) is 3.34. The molecule has 1 aliphatic carbocycles. The lowest BCUT2D eigenvalue weighted by atomic mass is 9.81. The second-order valence-electron chi connectivity index (χ2n) is 9.02. The minimum atomic E-state index is -0.294. The summed E-state index contributed by atoms with van der Waals surface area (Å²) < 4.78 is 10.7. The Kier molecular flexibility index (Phi) is 6.04. The van der Waals surface area contributed by atoms with Gasteiger partial charge in [-0.2, -0.15) is 4.98 Å². The zero-order valence-electron chi connectivity index (χ0n) is 19.4. The number of ether oxygens (including phenoxy) is 1. The summed E-state index contributed by atoms with van der Waals surface area (Å²) in [6.45, 7) is 2.46. The number of benzene rings is 2. The summed E-state index contributed by atoms with van der Waals surface area (Å²) in [6, 6.07) is 14.9. The minimum absolute atomic E-state index is 0.0732. The lowest BCUT2D eigenvalue weighted by Gasteiger charge is -2.46. The van der Waals surface area contributed by atoms with E-state index in [9.17, 15) is 9.59 Å². The molecule has 1 saturated heterocycles. The monoisotopic (exact) mass is 460 g/mol. The Balaban J connectivity index is 1.38. The molecule has 2 aromatic carbocycles. The number of carbonyl (C=O) groups excluding carboxylic acids is 2. The molecule has 0 bridgehead atoms. The van der Waals surface area contributed by atoms with Gasteiger partial charge < -0.3 is 14.2 Å². The standard InChI is InChI=1S/C26H28N4O4/c1-17-7-9-18(10-8-17)15-30-25(31)21-5-3-4-6-22(21)29(26(30)32)16-23-27-24(28-34-23)19-11-13-20(33-2)14-12-19/h7-14,21-22H,3-6,15-16H2,1-2H3. The maximum Gasteiger partial charge on any atom is 0.327 e. The molecule has 0 spiro atoms. The Morgan fingerprint density at radius 3 is 2.47 bits per heavy atom. The Bertz CT molecular complexity index is 1170. The van der Waals surface area contributed by atoms with Crippen LogP contribution in [-0.4, -0.2) is 45.0 Å². The van der Waals surface area contributed by atoms with Crippen molar-refractivity contribution >= 4 is 11.9 Å². The molecular formula is C26H28N4O4. The lowest BCUT2D eigenvalue weighted by Crippen LogP contribution is -2.61. The van der Waals surface area contributed by atoms with Crippen molar-refractivity contribution in [3.8, 4) is 17.1 Å². The summed E-state index contributed by atoms with van der Waals surface area (Å²) in [5.41, 5.74) is 2.87. The molecule has 5 rings (SSSR count). The van der Waals surface area contributed by atoms with Gasteiger partial charge in [0.1, 0.15) is 12.3 Å². The van der Waals surface area contributed by atoms with Crippen LogP contribution in [0, 0.1) is 12.8 Å². The number of rotatable bonds is 6. The third kappa shape index (κ3) is 4.27. The second-order valence-corrected chi connectivity index (χ2v) is 9.02. The van der Waals surface area contributed by atoms with Crippen molar-refractivity contribution in [1.29, 1.82) is 0 Å². The van der Waals surface area contributed by atoms with E-state index < -0.39 is 0 Å². The fourth-order valence-electron chi connectivity index (χ4n) is 4.89. The van der Waals surface area contributed by atoms with Crippen LogP contribution < -0.4 is 4.74 Å². The van der Waals surface area contributed by atoms with Crippen molar-refractivity contribution in [1.82, 2.24) is 19.9 Å². The molecule has 8 heteroatoms. The summed E-state index contributed by atoms with van der Waals surface area (Å²) in [6.07, 6.45) is 3.59. The van der Waals surface area contributed by atoms with Crippen LogP contribution in [0.3, 0.4) is 0 Å².